The van der Waals surface area contributed by atoms with Gasteiger partial charge in [-0.3, -0.25) is 9.59 Å². The molecule has 0 amide bonds. The Hall–Kier alpha value is -0.860. The molecule has 16 heavy (non-hydrogen) atoms. The zero-order valence-corrected chi connectivity index (χ0v) is 10.8. The summed E-state index contributed by atoms with van der Waals surface area (Å²) in [6, 6.07) is 0. The van der Waals surface area contributed by atoms with Gasteiger partial charge in [0.25, 0.3) is 0 Å². The van der Waals surface area contributed by atoms with Gasteiger partial charge in [0, 0.05) is 12.8 Å². The molecule has 0 aliphatic carbocycles. The summed E-state index contributed by atoms with van der Waals surface area (Å²) in [5.41, 5.74) is 0. The van der Waals surface area contributed by atoms with Gasteiger partial charge in [-0.1, -0.05) is 32.6 Å². The Labute approximate surface area is 98.6 Å². The third-order valence-electron chi connectivity index (χ3n) is 2.75. The maximum atomic E-state index is 11.3. The third-order valence-corrected chi connectivity index (χ3v) is 2.75. The van der Waals surface area contributed by atoms with Gasteiger partial charge < -0.3 is 4.74 Å². The number of unbranched alkanes of at least 4 members (excludes halogenated alkanes) is 3. The summed E-state index contributed by atoms with van der Waals surface area (Å²) < 4.78 is 4.86. The van der Waals surface area contributed by atoms with Crippen molar-refractivity contribution in [2.45, 2.75) is 59.3 Å². The SMILES string of the molecule is CCCCCCC(CCOC(C)=O)C(C)=O. The van der Waals surface area contributed by atoms with Gasteiger partial charge in [-0.2, -0.15) is 0 Å². The van der Waals surface area contributed by atoms with Crippen molar-refractivity contribution in [2.24, 2.45) is 5.92 Å². The Morgan fingerprint density at radius 1 is 1.06 bits per heavy atom. The van der Waals surface area contributed by atoms with E-state index in [0.717, 1.165) is 12.8 Å². The maximum Gasteiger partial charge on any atom is 0.302 e. The van der Waals surface area contributed by atoms with E-state index < -0.39 is 0 Å². The van der Waals surface area contributed by atoms with Crippen LogP contribution in [0.4, 0.5) is 0 Å². The van der Waals surface area contributed by atoms with Crippen molar-refractivity contribution < 1.29 is 14.3 Å². The van der Waals surface area contributed by atoms with Gasteiger partial charge in [-0.05, 0) is 19.8 Å². The fourth-order valence-corrected chi connectivity index (χ4v) is 1.71. The molecular formula is C13H24O3. The lowest BCUT2D eigenvalue weighted by molar-refractivity contribution is -0.142. The van der Waals surface area contributed by atoms with Crippen molar-refractivity contribution in [3.05, 3.63) is 0 Å². The minimum atomic E-state index is -0.270. The van der Waals surface area contributed by atoms with E-state index in [-0.39, 0.29) is 17.7 Å². The molecule has 0 aromatic carbocycles. The average Bonchev–Trinajstić information content (AvgIpc) is 2.20. The first-order valence-corrected chi connectivity index (χ1v) is 6.21. The molecule has 0 rings (SSSR count). The first-order chi connectivity index (χ1) is 7.57. The van der Waals surface area contributed by atoms with Crippen LogP contribution in [0.15, 0.2) is 0 Å². The van der Waals surface area contributed by atoms with Gasteiger partial charge in [0.15, 0.2) is 0 Å². The van der Waals surface area contributed by atoms with Crippen molar-refractivity contribution in [3.8, 4) is 0 Å². The van der Waals surface area contributed by atoms with E-state index in [2.05, 4.69) is 6.92 Å². The van der Waals surface area contributed by atoms with Crippen LogP contribution in [-0.4, -0.2) is 18.4 Å². The molecule has 0 radical (unpaired) electrons. The highest BCUT2D eigenvalue weighted by molar-refractivity contribution is 5.78. The Bertz CT molecular complexity index is 211. The average molecular weight is 228 g/mol. The number of esters is 1. The molecule has 0 aromatic heterocycles. The van der Waals surface area contributed by atoms with Crippen molar-refractivity contribution in [3.63, 3.8) is 0 Å². The highest BCUT2D eigenvalue weighted by Gasteiger charge is 2.13. The van der Waals surface area contributed by atoms with Gasteiger partial charge >= 0.3 is 5.97 Å². The molecule has 0 heterocycles. The van der Waals surface area contributed by atoms with E-state index in [1.807, 2.05) is 0 Å². The van der Waals surface area contributed by atoms with Gasteiger partial charge in [0.1, 0.15) is 5.78 Å². The number of hydrogen-bond acceptors (Lipinski definition) is 3. The maximum absolute atomic E-state index is 11.3. The second-order valence-corrected chi connectivity index (χ2v) is 4.29. The highest BCUT2D eigenvalue weighted by Crippen LogP contribution is 2.15. The number of ketones is 1. The fourth-order valence-electron chi connectivity index (χ4n) is 1.71. The zero-order chi connectivity index (χ0) is 12.4. The molecular weight excluding hydrogens is 204 g/mol. The Balaban J connectivity index is 3.71. The number of rotatable bonds is 9. The highest BCUT2D eigenvalue weighted by atomic mass is 16.5. The van der Waals surface area contributed by atoms with Crippen LogP contribution in [0.25, 0.3) is 0 Å². The van der Waals surface area contributed by atoms with Gasteiger partial charge in [0.05, 0.1) is 6.61 Å². The van der Waals surface area contributed by atoms with Crippen LogP contribution in [0.1, 0.15) is 59.3 Å². The van der Waals surface area contributed by atoms with Crippen LogP contribution >= 0.6 is 0 Å². The lowest BCUT2D eigenvalue weighted by atomic mass is 9.94. The second kappa shape index (κ2) is 9.37. The lowest BCUT2D eigenvalue weighted by Gasteiger charge is -2.13. The fraction of sp³-hybridized carbons (Fsp3) is 0.846. The predicted molar refractivity (Wildman–Crippen MR) is 64.2 cm³/mol. The van der Waals surface area contributed by atoms with E-state index in [1.54, 1.807) is 6.92 Å². The molecule has 0 aromatic rings. The Morgan fingerprint density at radius 3 is 2.25 bits per heavy atom. The summed E-state index contributed by atoms with van der Waals surface area (Å²) in [5, 5.41) is 0. The monoisotopic (exact) mass is 228 g/mol. The summed E-state index contributed by atoms with van der Waals surface area (Å²) >= 11 is 0. The van der Waals surface area contributed by atoms with Crippen LogP contribution in [0.5, 0.6) is 0 Å². The summed E-state index contributed by atoms with van der Waals surface area (Å²) in [5.74, 6) is 0.00754. The molecule has 0 fully saturated rings. The summed E-state index contributed by atoms with van der Waals surface area (Å²) in [6.45, 7) is 5.55. The molecule has 0 saturated heterocycles. The van der Waals surface area contributed by atoms with Crippen molar-refractivity contribution in [1.82, 2.24) is 0 Å². The van der Waals surface area contributed by atoms with Gasteiger partial charge in [-0.15, -0.1) is 0 Å². The second-order valence-electron chi connectivity index (χ2n) is 4.29. The molecule has 0 spiro atoms. The van der Waals surface area contributed by atoms with E-state index in [4.69, 9.17) is 4.74 Å². The number of carbonyl (C=O) groups is 2. The third kappa shape index (κ3) is 8.45. The molecule has 94 valence electrons. The van der Waals surface area contributed by atoms with Gasteiger partial charge in [-0.25, -0.2) is 0 Å². The topological polar surface area (TPSA) is 43.4 Å². The summed E-state index contributed by atoms with van der Waals surface area (Å²) in [4.78, 5) is 21.9. The Morgan fingerprint density at radius 2 is 1.75 bits per heavy atom. The first kappa shape index (κ1) is 15.1. The van der Waals surface area contributed by atoms with Crippen molar-refractivity contribution >= 4 is 11.8 Å². The van der Waals surface area contributed by atoms with Crippen molar-refractivity contribution in [2.75, 3.05) is 6.61 Å². The van der Waals surface area contributed by atoms with Gasteiger partial charge in [0.2, 0.25) is 0 Å². The molecule has 0 N–H and O–H groups in total. The molecule has 0 aliphatic heterocycles. The number of ether oxygens (including phenoxy) is 1. The van der Waals surface area contributed by atoms with E-state index in [9.17, 15) is 9.59 Å². The smallest absolute Gasteiger partial charge is 0.302 e. The lowest BCUT2D eigenvalue weighted by Crippen LogP contribution is -2.14. The minimum absolute atomic E-state index is 0.0659. The summed E-state index contributed by atoms with van der Waals surface area (Å²) in [6.07, 6.45) is 6.32. The van der Waals surface area contributed by atoms with E-state index in [0.29, 0.717) is 13.0 Å². The molecule has 0 bridgehead atoms. The van der Waals surface area contributed by atoms with Crippen LogP contribution < -0.4 is 0 Å². The molecule has 0 aliphatic rings. The number of Topliss-reactive ketones (excluding diaryl/α,β-unsaturated/α-hetero) is 1. The Kier molecular flexibility index (Phi) is 8.87. The molecule has 1 atom stereocenters. The molecule has 1 unspecified atom stereocenters. The molecule has 0 saturated carbocycles. The quantitative estimate of drug-likeness (QED) is 0.450. The van der Waals surface area contributed by atoms with E-state index in [1.165, 1.54) is 26.2 Å². The van der Waals surface area contributed by atoms with Crippen LogP contribution in [0, 0.1) is 5.92 Å². The molecule has 3 heteroatoms. The largest absolute Gasteiger partial charge is 0.466 e. The normalized spacial score (nSPS) is 12.2. The molecule has 3 nitrogen and oxygen atoms in total. The summed E-state index contributed by atoms with van der Waals surface area (Å²) in [7, 11) is 0. The minimum Gasteiger partial charge on any atom is -0.466 e. The number of carbonyl (C=O) groups excluding carboxylic acids is 2. The number of hydrogen-bond donors (Lipinski definition) is 0. The zero-order valence-electron chi connectivity index (χ0n) is 10.8. The first-order valence-electron chi connectivity index (χ1n) is 6.21. The van der Waals surface area contributed by atoms with Crippen LogP contribution in [-0.2, 0) is 14.3 Å². The predicted octanol–water partition coefficient (Wildman–Crippen LogP) is 3.12. The van der Waals surface area contributed by atoms with Crippen LogP contribution in [0.3, 0.4) is 0 Å². The van der Waals surface area contributed by atoms with E-state index >= 15 is 0 Å². The van der Waals surface area contributed by atoms with Crippen LogP contribution in [0.2, 0.25) is 0 Å². The standard InChI is InChI=1S/C13H24O3/c1-4-5-6-7-8-13(11(2)14)9-10-16-12(3)15/h13H,4-10H2,1-3H3. The van der Waals surface area contributed by atoms with Crippen molar-refractivity contribution in [1.29, 1.82) is 0 Å².